The number of benzene rings is 1. The van der Waals surface area contributed by atoms with Gasteiger partial charge < -0.3 is 14.6 Å². The zero-order valence-electron chi connectivity index (χ0n) is 14.5. The van der Waals surface area contributed by atoms with Crippen molar-refractivity contribution in [2.45, 2.75) is 0 Å². The number of nitrogens with zero attached hydrogens (tertiary/aromatic N) is 2. The van der Waals surface area contributed by atoms with Crippen LogP contribution in [0.25, 0.3) is 6.08 Å². The molecule has 0 aliphatic carbocycles. The average molecular weight is 375 g/mol. The quantitative estimate of drug-likeness (QED) is 0.809. The Hall–Kier alpha value is -2.58. The van der Waals surface area contributed by atoms with Crippen molar-refractivity contribution in [1.29, 1.82) is 0 Å². The van der Waals surface area contributed by atoms with E-state index in [1.165, 1.54) is 16.6 Å². The summed E-state index contributed by atoms with van der Waals surface area (Å²) in [6.07, 6.45) is 5.80. The van der Waals surface area contributed by atoms with Gasteiger partial charge in [-0.25, -0.2) is 8.42 Å². The van der Waals surface area contributed by atoms with Crippen molar-refractivity contribution in [1.82, 2.24) is 4.31 Å². The molecule has 1 saturated heterocycles. The molecule has 2 heterocycles. The molecule has 1 N–H and O–H groups in total. The summed E-state index contributed by atoms with van der Waals surface area (Å²) in [7, 11) is -3.13. The fraction of sp³-hybridized carbons (Fsp3) is 0.278. The van der Waals surface area contributed by atoms with E-state index in [-0.39, 0.29) is 5.91 Å². The number of rotatable bonds is 5. The predicted molar refractivity (Wildman–Crippen MR) is 101 cm³/mol. The van der Waals surface area contributed by atoms with Crippen molar-refractivity contribution >= 4 is 33.4 Å². The van der Waals surface area contributed by atoms with Gasteiger partial charge in [-0.05, 0) is 42.5 Å². The second-order valence-corrected chi connectivity index (χ2v) is 8.02. The van der Waals surface area contributed by atoms with Gasteiger partial charge in [-0.15, -0.1) is 0 Å². The third kappa shape index (κ3) is 4.74. The second kappa shape index (κ2) is 7.76. The number of anilines is 2. The lowest BCUT2D eigenvalue weighted by atomic mass is 10.2. The minimum atomic E-state index is -3.13. The zero-order chi connectivity index (χ0) is 18.6. The monoisotopic (exact) mass is 375 g/mol. The summed E-state index contributed by atoms with van der Waals surface area (Å²) in [5, 5.41) is 2.79. The van der Waals surface area contributed by atoms with Gasteiger partial charge in [-0.3, -0.25) is 4.79 Å². The first-order valence-electron chi connectivity index (χ1n) is 8.24. The molecule has 1 aromatic carbocycles. The maximum Gasteiger partial charge on any atom is 0.248 e. The zero-order valence-corrected chi connectivity index (χ0v) is 15.3. The molecule has 2 aromatic rings. The fourth-order valence-corrected chi connectivity index (χ4v) is 3.59. The van der Waals surface area contributed by atoms with E-state index >= 15 is 0 Å². The van der Waals surface area contributed by atoms with Crippen LogP contribution in [0, 0.1) is 0 Å². The third-order valence-electron chi connectivity index (χ3n) is 4.15. The van der Waals surface area contributed by atoms with E-state index in [1.807, 2.05) is 24.3 Å². The van der Waals surface area contributed by atoms with E-state index in [0.717, 1.165) is 5.69 Å². The van der Waals surface area contributed by atoms with E-state index in [0.29, 0.717) is 37.6 Å². The van der Waals surface area contributed by atoms with Gasteiger partial charge in [-0.1, -0.05) is 0 Å². The molecule has 1 fully saturated rings. The second-order valence-electron chi connectivity index (χ2n) is 6.03. The van der Waals surface area contributed by atoms with Crippen LogP contribution in [-0.4, -0.2) is 51.1 Å². The molecule has 8 heteroatoms. The Bertz CT molecular complexity index is 866. The van der Waals surface area contributed by atoms with Gasteiger partial charge in [0.25, 0.3) is 0 Å². The van der Waals surface area contributed by atoms with Gasteiger partial charge in [0, 0.05) is 43.6 Å². The maximum atomic E-state index is 11.9. The number of sulfonamides is 1. The molecule has 26 heavy (non-hydrogen) atoms. The first-order chi connectivity index (χ1) is 12.4. The number of piperazine rings is 1. The molecule has 0 saturated carbocycles. The van der Waals surface area contributed by atoms with E-state index in [2.05, 4.69) is 10.2 Å². The van der Waals surface area contributed by atoms with Crippen LogP contribution in [0.3, 0.4) is 0 Å². The molecule has 0 atom stereocenters. The minimum Gasteiger partial charge on any atom is -0.465 e. The van der Waals surface area contributed by atoms with Crippen molar-refractivity contribution in [3.05, 3.63) is 54.5 Å². The molecule has 0 spiro atoms. The minimum absolute atomic E-state index is 0.240. The molecule has 1 aromatic heterocycles. The van der Waals surface area contributed by atoms with Crippen molar-refractivity contribution in [3.63, 3.8) is 0 Å². The van der Waals surface area contributed by atoms with Crippen LogP contribution >= 0.6 is 0 Å². The lowest BCUT2D eigenvalue weighted by Crippen LogP contribution is -2.48. The molecular formula is C18H21N3O4S. The summed E-state index contributed by atoms with van der Waals surface area (Å²) in [5.41, 5.74) is 1.69. The first-order valence-corrected chi connectivity index (χ1v) is 10.1. The molecular weight excluding hydrogens is 354 g/mol. The topological polar surface area (TPSA) is 82.9 Å². The van der Waals surface area contributed by atoms with Gasteiger partial charge in [0.1, 0.15) is 5.76 Å². The predicted octanol–water partition coefficient (Wildman–Crippen LogP) is 2.01. The Morgan fingerprint density at radius 2 is 1.81 bits per heavy atom. The molecule has 7 nitrogen and oxygen atoms in total. The number of carbonyl (C=O) groups is 1. The van der Waals surface area contributed by atoms with Crippen molar-refractivity contribution in [2.75, 3.05) is 42.7 Å². The number of hydrogen-bond acceptors (Lipinski definition) is 5. The molecule has 0 bridgehead atoms. The Labute approximate surface area is 152 Å². The van der Waals surface area contributed by atoms with Crippen LogP contribution in [0.4, 0.5) is 11.4 Å². The van der Waals surface area contributed by atoms with Crippen LogP contribution in [0.1, 0.15) is 5.76 Å². The Morgan fingerprint density at radius 1 is 1.12 bits per heavy atom. The summed E-state index contributed by atoms with van der Waals surface area (Å²) in [6, 6.07) is 11.0. The number of hydrogen-bond donors (Lipinski definition) is 1. The van der Waals surface area contributed by atoms with Crippen molar-refractivity contribution in [2.24, 2.45) is 0 Å². The lowest BCUT2D eigenvalue weighted by Gasteiger charge is -2.34. The summed E-state index contributed by atoms with van der Waals surface area (Å²) in [4.78, 5) is 14.0. The summed E-state index contributed by atoms with van der Waals surface area (Å²) in [6.45, 7) is 2.25. The molecule has 1 amide bonds. The van der Waals surface area contributed by atoms with E-state index in [1.54, 1.807) is 24.5 Å². The maximum absolute atomic E-state index is 11.9. The van der Waals surface area contributed by atoms with E-state index in [4.69, 9.17) is 4.42 Å². The summed E-state index contributed by atoms with van der Waals surface area (Å²) >= 11 is 0. The van der Waals surface area contributed by atoms with Crippen molar-refractivity contribution in [3.8, 4) is 0 Å². The smallest absolute Gasteiger partial charge is 0.248 e. The average Bonchev–Trinajstić information content (AvgIpc) is 3.14. The van der Waals surface area contributed by atoms with Crippen LogP contribution in [0.15, 0.2) is 53.2 Å². The Balaban J connectivity index is 1.55. The van der Waals surface area contributed by atoms with Crippen LogP contribution in [0.5, 0.6) is 0 Å². The van der Waals surface area contributed by atoms with Crippen molar-refractivity contribution < 1.29 is 17.6 Å². The lowest BCUT2D eigenvalue weighted by molar-refractivity contribution is -0.111. The SMILES string of the molecule is CS(=O)(=O)N1CCN(c2ccc(NC(=O)C=Cc3ccco3)cc2)CC1. The van der Waals surface area contributed by atoms with Gasteiger partial charge in [0.15, 0.2) is 0 Å². The van der Waals surface area contributed by atoms with Gasteiger partial charge >= 0.3 is 0 Å². The van der Waals surface area contributed by atoms with Crippen LogP contribution in [-0.2, 0) is 14.8 Å². The Kier molecular flexibility index (Phi) is 5.43. The van der Waals surface area contributed by atoms with Gasteiger partial charge in [0.05, 0.1) is 12.5 Å². The highest BCUT2D eigenvalue weighted by Gasteiger charge is 2.23. The van der Waals surface area contributed by atoms with Gasteiger partial charge in [0.2, 0.25) is 15.9 Å². The standard InChI is InChI=1S/C18H21N3O4S/c1-26(23,24)21-12-10-20(11-13-21)16-6-4-15(5-7-16)19-18(22)9-8-17-3-2-14-25-17/h2-9,14H,10-13H2,1H3,(H,19,22). The number of nitrogens with one attached hydrogen (secondary N) is 1. The first kappa shape index (κ1) is 18.2. The van der Waals surface area contributed by atoms with Crippen LogP contribution < -0.4 is 10.2 Å². The summed E-state index contributed by atoms with van der Waals surface area (Å²) < 4.78 is 29.7. The number of amides is 1. The summed E-state index contributed by atoms with van der Waals surface area (Å²) in [5.74, 6) is 0.375. The van der Waals surface area contributed by atoms with E-state index < -0.39 is 10.0 Å². The number of carbonyl (C=O) groups excluding carboxylic acids is 1. The molecule has 3 rings (SSSR count). The highest BCUT2D eigenvalue weighted by molar-refractivity contribution is 7.88. The van der Waals surface area contributed by atoms with Crippen LogP contribution in [0.2, 0.25) is 0 Å². The highest BCUT2D eigenvalue weighted by atomic mass is 32.2. The molecule has 138 valence electrons. The third-order valence-corrected chi connectivity index (χ3v) is 5.45. The Morgan fingerprint density at radius 3 is 2.38 bits per heavy atom. The van der Waals surface area contributed by atoms with Gasteiger partial charge in [-0.2, -0.15) is 4.31 Å². The van der Waals surface area contributed by atoms with E-state index in [9.17, 15) is 13.2 Å². The molecule has 1 aliphatic heterocycles. The molecule has 0 radical (unpaired) electrons. The molecule has 0 unspecified atom stereocenters. The largest absolute Gasteiger partial charge is 0.465 e. The number of furan rings is 1. The normalized spacial score (nSPS) is 16.1. The fourth-order valence-electron chi connectivity index (χ4n) is 2.76. The molecule has 1 aliphatic rings. The highest BCUT2D eigenvalue weighted by Crippen LogP contribution is 2.20.